The molecule has 3 aromatic rings. The Balaban J connectivity index is 1.71. The van der Waals surface area contributed by atoms with E-state index in [4.69, 9.17) is 4.74 Å². The standard InChI is InChI=1S/C19H19N3O3/c1-2-11-25-14-9-7-13(8-10-14)12-20-19(24)17-15-5-3-4-6-16(15)18(23)22-21-17/h3-10H,2,11-12H2,1H3,(H,20,24)(H,22,23). The molecule has 0 spiro atoms. The van der Waals surface area contributed by atoms with Crippen molar-refractivity contribution in [1.82, 2.24) is 15.5 Å². The fourth-order valence-corrected chi connectivity index (χ4v) is 2.48. The van der Waals surface area contributed by atoms with Crippen LogP contribution in [0.3, 0.4) is 0 Å². The number of nitrogens with zero attached hydrogens (tertiary/aromatic N) is 1. The molecule has 0 aliphatic heterocycles. The molecule has 0 unspecified atom stereocenters. The Morgan fingerprint density at radius 1 is 1.12 bits per heavy atom. The summed E-state index contributed by atoms with van der Waals surface area (Å²) in [6.07, 6.45) is 0.956. The van der Waals surface area contributed by atoms with Gasteiger partial charge in [-0.25, -0.2) is 5.10 Å². The Hall–Kier alpha value is -3.15. The van der Waals surface area contributed by atoms with Crippen molar-refractivity contribution in [2.45, 2.75) is 19.9 Å². The summed E-state index contributed by atoms with van der Waals surface area (Å²) in [7, 11) is 0. The number of rotatable bonds is 6. The van der Waals surface area contributed by atoms with Crippen molar-refractivity contribution in [2.24, 2.45) is 0 Å². The molecular weight excluding hydrogens is 318 g/mol. The average Bonchev–Trinajstić information content (AvgIpc) is 2.66. The van der Waals surface area contributed by atoms with Crippen LogP contribution >= 0.6 is 0 Å². The topological polar surface area (TPSA) is 84.1 Å². The number of ether oxygens (including phenoxy) is 1. The Bertz CT molecular complexity index is 933. The molecule has 1 aromatic heterocycles. The molecule has 1 heterocycles. The third-order valence-corrected chi connectivity index (χ3v) is 3.76. The Kier molecular flexibility index (Phi) is 5.09. The van der Waals surface area contributed by atoms with E-state index in [0.717, 1.165) is 17.7 Å². The predicted molar refractivity (Wildman–Crippen MR) is 95.8 cm³/mol. The van der Waals surface area contributed by atoms with Crippen molar-refractivity contribution in [1.29, 1.82) is 0 Å². The van der Waals surface area contributed by atoms with Gasteiger partial charge in [0.15, 0.2) is 5.69 Å². The molecular formula is C19H19N3O3. The molecule has 0 aliphatic rings. The van der Waals surface area contributed by atoms with Gasteiger partial charge in [-0.1, -0.05) is 37.3 Å². The monoisotopic (exact) mass is 337 g/mol. The van der Waals surface area contributed by atoms with E-state index in [2.05, 4.69) is 22.4 Å². The van der Waals surface area contributed by atoms with Gasteiger partial charge < -0.3 is 10.1 Å². The SMILES string of the molecule is CCCOc1ccc(CNC(=O)c2n[nH]c(=O)c3ccccc23)cc1. The molecule has 2 aromatic carbocycles. The minimum atomic E-state index is -0.334. The van der Waals surface area contributed by atoms with Gasteiger partial charge in [-0.05, 0) is 30.2 Å². The Morgan fingerprint density at radius 3 is 2.56 bits per heavy atom. The van der Waals surface area contributed by atoms with Gasteiger partial charge in [0.2, 0.25) is 0 Å². The number of nitrogens with one attached hydrogen (secondary N) is 2. The molecule has 128 valence electrons. The van der Waals surface area contributed by atoms with E-state index in [0.29, 0.717) is 23.9 Å². The number of carbonyl (C=O) groups is 1. The van der Waals surface area contributed by atoms with Gasteiger partial charge in [-0.3, -0.25) is 9.59 Å². The maximum atomic E-state index is 12.4. The molecule has 25 heavy (non-hydrogen) atoms. The van der Waals surface area contributed by atoms with Crippen LogP contribution in [0, 0.1) is 0 Å². The van der Waals surface area contributed by atoms with Crippen LogP contribution in [-0.2, 0) is 6.54 Å². The summed E-state index contributed by atoms with van der Waals surface area (Å²) in [4.78, 5) is 24.2. The highest BCUT2D eigenvalue weighted by atomic mass is 16.5. The van der Waals surface area contributed by atoms with Crippen molar-refractivity contribution in [2.75, 3.05) is 6.61 Å². The normalized spacial score (nSPS) is 10.6. The van der Waals surface area contributed by atoms with E-state index in [1.165, 1.54) is 0 Å². The van der Waals surface area contributed by atoms with E-state index in [1.807, 2.05) is 24.3 Å². The number of benzene rings is 2. The summed E-state index contributed by atoms with van der Waals surface area (Å²) in [6.45, 7) is 3.10. The van der Waals surface area contributed by atoms with Crippen LogP contribution in [0.25, 0.3) is 10.8 Å². The second-order valence-electron chi connectivity index (χ2n) is 5.62. The minimum Gasteiger partial charge on any atom is -0.494 e. The zero-order valence-corrected chi connectivity index (χ0v) is 13.9. The van der Waals surface area contributed by atoms with E-state index in [9.17, 15) is 9.59 Å². The average molecular weight is 337 g/mol. The lowest BCUT2D eigenvalue weighted by Crippen LogP contribution is -2.26. The summed E-state index contributed by atoms with van der Waals surface area (Å²) in [5, 5.41) is 10.1. The van der Waals surface area contributed by atoms with Gasteiger partial charge >= 0.3 is 0 Å². The van der Waals surface area contributed by atoms with Crippen LogP contribution in [0.15, 0.2) is 53.3 Å². The van der Waals surface area contributed by atoms with E-state index >= 15 is 0 Å². The Morgan fingerprint density at radius 2 is 1.84 bits per heavy atom. The zero-order chi connectivity index (χ0) is 17.6. The molecule has 6 nitrogen and oxygen atoms in total. The summed E-state index contributed by atoms with van der Waals surface area (Å²) in [5.41, 5.74) is 0.846. The number of amides is 1. The van der Waals surface area contributed by atoms with Crippen LogP contribution in [0.4, 0.5) is 0 Å². The molecule has 2 N–H and O–H groups in total. The fourth-order valence-electron chi connectivity index (χ4n) is 2.48. The summed E-state index contributed by atoms with van der Waals surface area (Å²) >= 11 is 0. The largest absolute Gasteiger partial charge is 0.494 e. The number of fused-ring (bicyclic) bond motifs is 1. The molecule has 0 saturated heterocycles. The number of hydrogen-bond acceptors (Lipinski definition) is 4. The first-order chi connectivity index (χ1) is 12.2. The lowest BCUT2D eigenvalue weighted by Gasteiger charge is -2.08. The van der Waals surface area contributed by atoms with Crippen LogP contribution in [0.1, 0.15) is 29.4 Å². The maximum Gasteiger partial charge on any atom is 0.272 e. The van der Waals surface area contributed by atoms with Crippen molar-refractivity contribution in [3.05, 3.63) is 70.1 Å². The van der Waals surface area contributed by atoms with Crippen molar-refractivity contribution in [3.63, 3.8) is 0 Å². The van der Waals surface area contributed by atoms with E-state index < -0.39 is 0 Å². The predicted octanol–water partition coefficient (Wildman–Crippen LogP) is 2.64. The van der Waals surface area contributed by atoms with Gasteiger partial charge in [0.1, 0.15) is 5.75 Å². The van der Waals surface area contributed by atoms with Crippen molar-refractivity contribution < 1.29 is 9.53 Å². The molecule has 0 atom stereocenters. The fraction of sp³-hybridized carbons (Fsp3) is 0.211. The molecule has 0 fully saturated rings. The van der Waals surface area contributed by atoms with Crippen LogP contribution in [0.5, 0.6) is 5.75 Å². The molecule has 0 bridgehead atoms. The third-order valence-electron chi connectivity index (χ3n) is 3.76. The first-order valence-corrected chi connectivity index (χ1v) is 8.16. The summed E-state index contributed by atoms with van der Waals surface area (Å²) in [6, 6.07) is 14.5. The minimum absolute atomic E-state index is 0.207. The third kappa shape index (κ3) is 3.85. The highest BCUT2D eigenvalue weighted by molar-refractivity contribution is 6.04. The summed E-state index contributed by atoms with van der Waals surface area (Å²) < 4.78 is 5.53. The van der Waals surface area contributed by atoms with Gasteiger partial charge in [0.05, 0.1) is 12.0 Å². The molecule has 0 saturated carbocycles. The molecule has 1 amide bonds. The lowest BCUT2D eigenvalue weighted by atomic mass is 10.1. The van der Waals surface area contributed by atoms with Gasteiger partial charge in [-0.2, -0.15) is 5.10 Å². The van der Waals surface area contributed by atoms with Crippen molar-refractivity contribution in [3.8, 4) is 5.75 Å². The van der Waals surface area contributed by atoms with Crippen molar-refractivity contribution >= 4 is 16.7 Å². The van der Waals surface area contributed by atoms with Crippen LogP contribution < -0.4 is 15.6 Å². The maximum absolute atomic E-state index is 12.4. The Labute approximate surface area is 144 Å². The molecule has 3 rings (SSSR count). The quantitative estimate of drug-likeness (QED) is 0.724. The number of aromatic nitrogens is 2. The number of carbonyl (C=O) groups excluding carboxylic acids is 1. The highest BCUT2D eigenvalue weighted by Crippen LogP contribution is 2.14. The van der Waals surface area contributed by atoms with Gasteiger partial charge in [-0.15, -0.1) is 0 Å². The van der Waals surface area contributed by atoms with Gasteiger partial charge in [0, 0.05) is 11.9 Å². The number of H-pyrrole nitrogens is 1. The van der Waals surface area contributed by atoms with E-state index in [-0.39, 0.29) is 17.2 Å². The zero-order valence-electron chi connectivity index (χ0n) is 13.9. The van der Waals surface area contributed by atoms with Crippen LogP contribution in [-0.4, -0.2) is 22.7 Å². The number of aromatic amines is 1. The van der Waals surface area contributed by atoms with E-state index in [1.54, 1.807) is 24.3 Å². The van der Waals surface area contributed by atoms with Crippen LogP contribution in [0.2, 0.25) is 0 Å². The van der Waals surface area contributed by atoms with Gasteiger partial charge in [0.25, 0.3) is 11.5 Å². The smallest absolute Gasteiger partial charge is 0.272 e. The first-order valence-electron chi connectivity index (χ1n) is 8.16. The second kappa shape index (κ2) is 7.61. The lowest BCUT2D eigenvalue weighted by molar-refractivity contribution is 0.0946. The molecule has 0 radical (unpaired) electrons. The molecule has 0 aliphatic carbocycles. The highest BCUT2D eigenvalue weighted by Gasteiger charge is 2.13. The second-order valence-corrected chi connectivity index (χ2v) is 5.62. The molecule has 6 heteroatoms. The summed E-state index contributed by atoms with van der Waals surface area (Å²) in [5.74, 6) is 0.476. The first kappa shape index (κ1) is 16.7. The number of hydrogen-bond donors (Lipinski definition) is 2.